The van der Waals surface area contributed by atoms with Crippen LogP contribution in [-0.4, -0.2) is 25.6 Å². The molecule has 4 N–H and O–H groups in total. The number of guanidine groups is 1. The van der Waals surface area contributed by atoms with E-state index >= 15 is 0 Å². The van der Waals surface area contributed by atoms with Crippen molar-refractivity contribution in [3.05, 3.63) is 23.2 Å². The van der Waals surface area contributed by atoms with E-state index in [0.717, 1.165) is 0 Å². The summed E-state index contributed by atoms with van der Waals surface area (Å²) < 4.78 is 9.90. The SMILES string of the molecule is COc1ccc(OC(=O)CN=C(N)N)cc1Cl. The Bertz CT molecular complexity index is 444. The van der Waals surface area contributed by atoms with E-state index < -0.39 is 5.97 Å². The monoisotopic (exact) mass is 257 g/mol. The van der Waals surface area contributed by atoms with Gasteiger partial charge in [0, 0.05) is 6.07 Å². The molecule has 0 aliphatic rings. The maximum atomic E-state index is 11.3. The number of rotatable bonds is 4. The average Bonchev–Trinajstić information content (AvgIpc) is 2.26. The fourth-order valence-electron chi connectivity index (χ4n) is 1.03. The van der Waals surface area contributed by atoms with Crippen LogP contribution in [0.4, 0.5) is 0 Å². The Kier molecular flexibility index (Phi) is 4.59. The molecule has 92 valence electrons. The zero-order valence-electron chi connectivity index (χ0n) is 9.14. The van der Waals surface area contributed by atoms with Gasteiger partial charge in [-0.25, -0.2) is 9.79 Å². The maximum Gasteiger partial charge on any atom is 0.333 e. The van der Waals surface area contributed by atoms with Gasteiger partial charge >= 0.3 is 5.97 Å². The van der Waals surface area contributed by atoms with Crippen LogP contribution in [-0.2, 0) is 4.79 Å². The van der Waals surface area contributed by atoms with Gasteiger partial charge < -0.3 is 20.9 Å². The van der Waals surface area contributed by atoms with Crippen molar-refractivity contribution in [3.8, 4) is 11.5 Å². The molecule has 0 saturated carbocycles. The largest absolute Gasteiger partial charge is 0.495 e. The van der Waals surface area contributed by atoms with Gasteiger partial charge in [-0.2, -0.15) is 0 Å². The quantitative estimate of drug-likeness (QED) is 0.355. The molecule has 0 spiro atoms. The van der Waals surface area contributed by atoms with Gasteiger partial charge in [0.05, 0.1) is 12.1 Å². The van der Waals surface area contributed by atoms with E-state index in [4.69, 9.17) is 32.5 Å². The van der Waals surface area contributed by atoms with Gasteiger partial charge in [0.2, 0.25) is 0 Å². The summed E-state index contributed by atoms with van der Waals surface area (Å²) >= 11 is 5.86. The molecular formula is C10H12ClN3O3. The first-order chi connectivity index (χ1) is 8.02. The Morgan fingerprint density at radius 2 is 2.18 bits per heavy atom. The van der Waals surface area contributed by atoms with E-state index in [1.54, 1.807) is 12.1 Å². The summed E-state index contributed by atoms with van der Waals surface area (Å²) in [5, 5.41) is 0.347. The van der Waals surface area contributed by atoms with Gasteiger partial charge in [-0.05, 0) is 12.1 Å². The molecule has 7 heteroatoms. The zero-order valence-corrected chi connectivity index (χ0v) is 9.90. The summed E-state index contributed by atoms with van der Waals surface area (Å²) in [6.45, 7) is -0.244. The molecule has 6 nitrogen and oxygen atoms in total. The highest BCUT2D eigenvalue weighted by atomic mass is 35.5. The van der Waals surface area contributed by atoms with Crippen LogP contribution in [0.1, 0.15) is 0 Å². The molecule has 0 atom stereocenters. The second kappa shape index (κ2) is 5.95. The lowest BCUT2D eigenvalue weighted by atomic mass is 10.3. The highest BCUT2D eigenvalue weighted by Gasteiger charge is 2.07. The molecule has 0 unspecified atom stereocenters. The number of hydrogen-bond donors (Lipinski definition) is 2. The van der Waals surface area contributed by atoms with E-state index in [-0.39, 0.29) is 12.5 Å². The van der Waals surface area contributed by atoms with Crippen molar-refractivity contribution >= 4 is 23.5 Å². The minimum absolute atomic E-state index is 0.172. The van der Waals surface area contributed by atoms with Crippen molar-refractivity contribution in [3.63, 3.8) is 0 Å². The van der Waals surface area contributed by atoms with Gasteiger partial charge in [-0.3, -0.25) is 0 Å². The first-order valence-corrected chi connectivity index (χ1v) is 5.00. The van der Waals surface area contributed by atoms with Crippen molar-refractivity contribution in [1.82, 2.24) is 0 Å². The summed E-state index contributed by atoms with van der Waals surface area (Å²) in [4.78, 5) is 14.8. The third kappa shape index (κ3) is 4.20. The molecule has 0 saturated heterocycles. The van der Waals surface area contributed by atoms with Gasteiger partial charge in [-0.1, -0.05) is 11.6 Å². The van der Waals surface area contributed by atoms with Gasteiger partial charge in [0.25, 0.3) is 0 Å². The normalized spacial score (nSPS) is 9.53. The number of carbonyl (C=O) groups is 1. The van der Waals surface area contributed by atoms with Gasteiger partial charge in [0.15, 0.2) is 5.96 Å². The van der Waals surface area contributed by atoms with Gasteiger partial charge in [-0.15, -0.1) is 0 Å². The maximum absolute atomic E-state index is 11.3. The number of nitrogens with zero attached hydrogens (tertiary/aromatic N) is 1. The number of ether oxygens (including phenoxy) is 2. The van der Waals surface area contributed by atoms with E-state index in [9.17, 15) is 4.79 Å². The summed E-state index contributed by atoms with van der Waals surface area (Å²) in [7, 11) is 1.49. The Morgan fingerprint density at radius 1 is 1.47 bits per heavy atom. The summed E-state index contributed by atoms with van der Waals surface area (Å²) in [6.07, 6.45) is 0. The number of methoxy groups -OCH3 is 1. The Balaban J connectivity index is 2.66. The van der Waals surface area contributed by atoms with Crippen molar-refractivity contribution in [1.29, 1.82) is 0 Å². The van der Waals surface area contributed by atoms with Crippen LogP contribution in [0.5, 0.6) is 11.5 Å². The van der Waals surface area contributed by atoms with E-state index in [1.165, 1.54) is 13.2 Å². The topological polar surface area (TPSA) is 99.9 Å². The summed E-state index contributed by atoms with van der Waals surface area (Å²) in [6, 6.07) is 4.61. The minimum atomic E-state index is -0.584. The molecule has 0 fully saturated rings. The molecule has 0 radical (unpaired) electrons. The number of halogens is 1. The van der Waals surface area contributed by atoms with Crippen LogP contribution in [0, 0.1) is 0 Å². The minimum Gasteiger partial charge on any atom is -0.495 e. The average molecular weight is 258 g/mol. The number of hydrogen-bond acceptors (Lipinski definition) is 4. The predicted molar refractivity (Wildman–Crippen MR) is 64.3 cm³/mol. The number of esters is 1. The molecule has 0 heterocycles. The van der Waals surface area contributed by atoms with Gasteiger partial charge in [0.1, 0.15) is 18.0 Å². The summed E-state index contributed by atoms with van der Waals surface area (Å²) in [5.41, 5.74) is 10.2. The van der Waals surface area contributed by atoms with Crippen LogP contribution in [0.3, 0.4) is 0 Å². The molecule has 0 aromatic heterocycles. The molecule has 0 aliphatic carbocycles. The Labute approximate surface area is 103 Å². The highest BCUT2D eigenvalue weighted by Crippen LogP contribution is 2.28. The molecule has 1 aromatic rings. The highest BCUT2D eigenvalue weighted by molar-refractivity contribution is 6.32. The van der Waals surface area contributed by atoms with E-state index in [1.807, 2.05) is 0 Å². The molecule has 0 aliphatic heterocycles. The number of aliphatic imine (C=N–C) groups is 1. The molecule has 1 rings (SSSR count). The van der Waals surface area contributed by atoms with Crippen molar-refractivity contribution in [2.45, 2.75) is 0 Å². The molecular weight excluding hydrogens is 246 g/mol. The van der Waals surface area contributed by atoms with Crippen molar-refractivity contribution < 1.29 is 14.3 Å². The van der Waals surface area contributed by atoms with Crippen LogP contribution in [0.25, 0.3) is 0 Å². The fraction of sp³-hybridized carbons (Fsp3) is 0.200. The first-order valence-electron chi connectivity index (χ1n) is 4.62. The lowest BCUT2D eigenvalue weighted by Gasteiger charge is -2.06. The number of nitrogens with two attached hydrogens (primary N) is 2. The molecule has 0 amide bonds. The molecule has 1 aromatic carbocycles. The summed E-state index contributed by atoms with van der Waals surface area (Å²) in [5.74, 6) is 0.0385. The Hall–Kier alpha value is -1.95. The number of carbonyl (C=O) groups excluding carboxylic acids is 1. The second-order valence-electron chi connectivity index (χ2n) is 3.01. The molecule has 17 heavy (non-hydrogen) atoms. The Morgan fingerprint density at radius 3 is 2.71 bits per heavy atom. The predicted octanol–water partition coefficient (Wildman–Crippen LogP) is 0.527. The van der Waals surface area contributed by atoms with Crippen LogP contribution >= 0.6 is 11.6 Å². The first kappa shape index (κ1) is 13.1. The fourth-order valence-corrected chi connectivity index (χ4v) is 1.28. The van der Waals surface area contributed by atoms with Crippen LogP contribution in [0.15, 0.2) is 23.2 Å². The zero-order chi connectivity index (χ0) is 12.8. The van der Waals surface area contributed by atoms with Crippen LogP contribution < -0.4 is 20.9 Å². The molecule has 0 bridgehead atoms. The van der Waals surface area contributed by atoms with Crippen molar-refractivity contribution in [2.24, 2.45) is 16.5 Å². The number of benzene rings is 1. The van der Waals surface area contributed by atoms with E-state index in [2.05, 4.69) is 4.99 Å². The van der Waals surface area contributed by atoms with Crippen LogP contribution in [0.2, 0.25) is 5.02 Å². The second-order valence-corrected chi connectivity index (χ2v) is 3.42. The lowest BCUT2D eigenvalue weighted by Crippen LogP contribution is -2.25. The standard InChI is InChI=1S/C10H12ClN3O3/c1-16-8-3-2-6(4-7(8)11)17-9(15)5-14-10(12)13/h2-4H,5H2,1H3,(H4,12,13,14). The third-order valence-electron chi connectivity index (χ3n) is 1.75. The smallest absolute Gasteiger partial charge is 0.333 e. The van der Waals surface area contributed by atoms with Crippen molar-refractivity contribution in [2.75, 3.05) is 13.7 Å². The van der Waals surface area contributed by atoms with E-state index in [0.29, 0.717) is 16.5 Å². The lowest BCUT2D eigenvalue weighted by molar-refractivity contribution is -0.132. The third-order valence-corrected chi connectivity index (χ3v) is 2.04.